The van der Waals surface area contributed by atoms with E-state index in [0.717, 1.165) is 79.9 Å². The maximum atomic E-state index is 5.67. The minimum Gasteiger partial charge on any atom is -0.385 e. The fourth-order valence-electron chi connectivity index (χ4n) is 5.94. The predicted octanol–water partition coefficient (Wildman–Crippen LogP) is 5.19. The van der Waals surface area contributed by atoms with Gasteiger partial charge in [-0.3, -0.25) is 0 Å². The summed E-state index contributed by atoms with van der Waals surface area (Å²) in [7, 11) is 4.92. The molecule has 380 valence electrons. The van der Waals surface area contributed by atoms with Crippen LogP contribution in [0.4, 0.5) is 5.69 Å². The molecule has 0 aliphatic carbocycles. The third-order valence-electron chi connectivity index (χ3n) is 9.53. The van der Waals surface area contributed by atoms with Crippen molar-refractivity contribution in [3.63, 3.8) is 0 Å². The van der Waals surface area contributed by atoms with Crippen LogP contribution in [0, 0.1) is 0 Å². The zero-order valence-corrected chi connectivity index (χ0v) is 46.6. The Hall–Kier alpha value is -1.80. The Balaban J connectivity index is 0. The number of nitrogens with one attached hydrogen (secondary N) is 4. The van der Waals surface area contributed by atoms with E-state index in [-0.39, 0.29) is 0 Å². The molecule has 2 aromatic rings. The average Bonchev–Trinajstić information content (AvgIpc) is 3.34. The SMILES string of the molecule is C=C(NCN)NCCC[Si](OC)(OC)OC.CCO[Si](CCCS)(OCC)OCC.CO[Si](CCCNc1ccccc1)(OC)OC.CO[Si](Cc1ccc(CNCN)cc1)(OC)OC. The van der Waals surface area contributed by atoms with Gasteiger partial charge in [-0.15, -0.1) is 0 Å². The summed E-state index contributed by atoms with van der Waals surface area (Å²) in [5.41, 5.74) is 14.2. The molecule has 2 rings (SSSR count). The lowest BCUT2D eigenvalue weighted by molar-refractivity contribution is 0.0712. The van der Waals surface area contributed by atoms with Crippen LogP contribution in [0.25, 0.3) is 0 Å². The fourth-order valence-corrected chi connectivity index (χ4v) is 14.1. The van der Waals surface area contributed by atoms with Gasteiger partial charge in [-0.05, 0) is 69.0 Å². The second-order valence-corrected chi connectivity index (χ2v) is 25.9. The Kier molecular flexibility index (Phi) is 41.4. The van der Waals surface area contributed by atoms with Crippen LogP contribution in [0.5, 0.6) is 0 Å². The summed E-state index contributed by atoms with van der Waals surface area (Å²) >= 11 is 4.19. The molecular weight excluding hydrogens is 925 g/mol. The van der Waals surface area contributed by atoms with Gasteiger partial charge in [0.15, 0.2) is 0 Å². The maximum absolute atomic E-state index is 5.67. The smallest absolute Gasteiger partial charge is 0.385 e. The van der Waals surface area contributed by atoms with Gasteiger partial charge < -0.3 is 85.8 Å². The van der Waals surface area contributed by atoms with Crippen molar-refractivity contribution in [2.45, 2.75) is 70.8 Å². The van der Waals surface area contributed by atoms with E-state index in [9.17, 15) is 0 Å². The summed E-state index contributed by atoms with van der Waals surface area (Å²) in [5, 5.41) is 12.4. The number of nitrogens with two attached hydrogens (primary N) is 2. The van der Waals surface area contributed by atoms with E-state index in [1.54, 1.807) is 64.0 Å². The highest BCUT2D eigenvalue weighted by Gasteiger charge is 2.40. The van der Waals surface area contributed by atoms with Gasteiger partial charge in [0.25, 0.3) is 0 Å². The summed E-state index contributed by atoms with van der Waals surface area (Å²) in [6, 6.07) is 21.5. The van der Waals surface area contributed by atoms with Crippen LogP contribution in [0.3, 0.4) is 0 Å². The van der Waals surface area contributed by atoms with Crippen molar-refractivity contribution in [3.8, 4) is 0 Å². The molecule has 65 heavy (non-hydrogen) atoms. The topological polar surface area (TPSA) is 211 Å². The van der Waals surface area contributed by atoms with Crippen LogP contribution in [0.15, 0.2) is 67.0 Å². The molecule has 0 saturated carbocycles. The molecule has 0 unspecified atom stereocenters. The van der Waals surface area contributed by atoms with E-state index in [1.165, 1.54) is 5.56 Å². The number of hydrogen-bond acceptors (Lipinski definition) is 19. The Labute approximate surface area is 402 Å². The molecule has 8 N–H and O–H groups in total. The van der Waals surface area contributed by atoms with Crippen LogP contribution in [0.1, 0.15) is 51.2 Å². The first-order chi connectivity index (χ1) is 31.3. The Morgan fingerprint density at radius 1 is 0.538 bits per heavy atom. The van der Waals surface area contributed by atoms with Gasteiger partial charge in [-0.1, -0.05) is 49.0 Å². The van der Waals surface area contributed by atoms with Crippen molar-refractivity contribution in [1.29, 1.82) is 0 Å². The normalized spacial score (nSPS) is 11.6. The van der Waals surface area contributed by atoms with Gasteiger partial charge in [0.05, 0.1) is 12.5 Å². The first kappa shape index (κ1) is 65.3. The van der Waals surface area contributed by atoms with Gasteiger partial charge in [0.2, 0.25) is 0 Å². The third kappa shape index (κ3) is 29.0. The molecule has 0 aromatic heterocycles. The van der Waals surface area contributed by atoms with Gasteiger partial charge >= 0.3 is 35.2 Å². The zero-order valence-electron chi connectivity index (χ0n) is 41.7. The largest absolute Gasteiger partial charge is 0.504 e. The Morgan fingerprint density at radius 2 is 0.969 bits per heavy atom. The minimum atomic E-state index is -2.54. The van der Waals surface area contributed by atoms with E-state index in [0.29, 0.717) is 39.2 Å². The van der Waals surface area contributed by atoms with Crippen molar-refractivity contribution in [2.75, 3.05) is 121 Å². The van der Waals surface area contributed by atoms with E-state index < -0.39 is 35.2 Å². The molecule has 0 spiro atoms. The second-order valence-electron chi connectivity index (χ2n) is 13.6. The second kappa shape index (κ2) is 41.2. The first-order valence-electron chi connectivity index (χ1n) is 22.0. The highest BCUT2D eigenvalue weighted by atomic mass is 32.1. The molecule has 0 fully saturated rings. The van der Waals surface area contributed by atoms with Gasteiger partial charge in [0.1, 0.15) is 0 Å². The van der Waals surface area contributed by atoms with E-state index >= 15 is 0 Å². The Morgan fingerprint density at radius 3 is 1.37 bits per heavy atom. The van der Waals surface area contributed by atoms with Crippen LogP contribution in [0.2, 0.25) is 18.1 Å². The molecular formula is C42H88N6O12SSi4. The van der Waals surface area contributed by atoms with Crippen LogP contribution in [-0.4, -0.2) is 151 Å². The lowest BCUT2D eigenvalue weighted by Crippen LogP contribution is -2.46. The fraction of sp³-hybridized carbons (Fsp3) is 0.667. The molecule has 0 heterocycles. The molecule has 0 atom stereocenters. The maximum Gasteiger partial charge on any atom is 0.504 e. The van der Waals surface area contributed by atoms with Crippen LogP contribution in [-0.2, 0) is 65.7 Å². The highest BCUT2D eigenvalue weighted by Crippen LogP contribution is 2.19. The minimum absolute atomic E-state index is 0.374. The van der Waals surface area contributed by atoms with Crippen molar-refractivity contribution in [2.24, 2.45) is 11.5 Å². The number of thiol groups is 1. The monoisotopic (exact) mass is 1010 g/mol. The summed E-state index contributed by atoms with van der Waals surface area (Å²) in [6.45, 7) is 14.9. The zero-order chi connectivity index (χ0) is 49.3. The molecule has 23 heteroatoms. The number of rotatable bonds is 35. The van der Waals surface area contributed by atoms with E-state index in [4.69, 9.17) is 64.6 Å². The lowest BCUT2D eigenvalue weighted by atomic mass is 10.1. The molecule has 0 aliphatic rings. The molecule has 0 saturated heterocycles. The summed E-state index contributed by atoms with van der Waals surface area (Å²) in [6.07, 6.45) is 2.82. The van der Waals surface area contributed by atoms with E-state index in [2.05, 4.69) is 64.7 Å². The molecule has 0 aliphatic heterocycles. The summed E-state index contributed by atoms with van der Waals surface area (Å²) in [4.78, 5) is 0. The highest BCUT2D eigenvalue weighted by molar-refractivity contribution is 7.80. The average molecular weight is 1010 g/mol. The lowest BCUT2D eigenvalue weighted by Gasteiger charge is -2.28. The predicted molar refractivity (Wildman–Crippen MR) is 273 cm³/mol. The molecule has 0 radical (unpaired) electrons. The van der Waals surface area contributed by atoms with Crippen molar-refractivity contribution >= 4 is 53.5 Å². The molecule has 0 bridgehead atoms. The molecule has 0 amide bonds. The van der Waals surface area contributed by atoms with Crippen molar-refractivity contribution in [1.82, 2.24) is 16.0 Å². The molecule has 18 nitrogen and oxygen atoms in total. The standard InChI is InChI=1S/C12H22N2O3Si.C12H21NO3Si.C9H23N3O3Si.C9H22O3SSi/c1-15-18(16-2,17-3)9-12-6-4-11(5-7-12)8-14-10-13;1-14-17(15-2,16-3)11-7-10-13-12-8-5-4-6-9-12;1-9(12-8-10)11-6-5-7-16(13-2,14-3)15-4;1-4-10-14(11-5-2,12-6-3)9-7-8-13/h4-7,14H,8-10,13H2,1-3H3;4-6,8-9,13H,7,10-11H2,1-3H3;11-12H,1,5-8,10H2,2-4H3;13H,4-9H2,1-3H3. The van der Waals surface area contributed by atoms with E-state index in [1.807, 2.05) is 51.1 Å². The number of benzene rings is 2. The number of para-hydroxylation sites is 1. The van der Waals surface area contributed by atoms with Crippen LogP contribution >= 0.6 is 12.6 Å². The van der Waals surface area contributed by atoms with Crippen LogP contribution < -0.4 is 32.7 Å². The van der Waals surface area contributed by atoms with Gasteiger partial charge in [0, 0.05) is 140 Å². The Bertz CT molecular complexity index is 1340. The number of anilines is 1. The summed E-state index contributed by atoms with van der Waals surface area (Å²) < 4.78 is 65.2. The van der Waals surface area contributed by atoms with Gasteiger partial charge in [-0.2, -0.15) is 12.6 Å². The number of hydrogen-bond donors (Lipinski definition) is 7. The first-order valence-corrected chi connectivity index (χ1v) is 30.3. The third-order valence-corrected chi connectivity index (χ3v) is 21.4. The van der Waals surface area contributed by atoms with Crippen molar-refractivity contribution in [3.05, 3.63) is 78.1 Å². The molecule has 2 aromatic carbocycles. The quantitative estimate of drug-likeness (QED) is 0.0205. The summed E-state index contributed by atoms with van der Waals surface area (Å²) in [5.74, 6) is 1.57. The van der Waals surface area contributed by atoms with Crippen molar-refractivity contribution < 1.29 is 53.1 Å². The van der Waals surface area contributed by atoms with Gasteiger partial charge in [-0.25, -0.2) is 0 Å².